The molecule has 136 valence electrons. The zero-order valence-corrected chi connectivity index (χ0v) is 18.2. The van der Waals surface area contributed by atoms with Gasteiger partial charge >= 0.3 is 0 Å². The molecule has 23 heavy (non-hydrogen) atoms. The largest absolute Gasteiger partial charge is 0.0689 e. The van der Waals surface area contributed by atoms with Crippen LogP contribution in [-0.2, 0) is 0 Å². The van der Waals surface area contributed by atoms with Crippen LogP contribution < -0.4 is 0 Å². The molecule has 1 heteroatoms. The molecule has 2 fully saturated rings. The van der Waals surface area contributed by atoms with Gasteiger partial charge < -0.3 is 0 Å². The maximum atomic E-state index is 9.74. The average Bonchev–Trinajstić information content (AvgIpc) is 2.26. The quantitative estimate of drug-likeness (QED) is 0.447. The van der Waals surface area contributed by atoms with Crippen LogP contribution in [0, 0.1) is 21.7 Å². The molecule has 0 aromatic carbocycles. The molecule has 2 rings (SSSR count). The van der Waals surface area contributed by atoms with Crippen molar-refractivity contribution in [2.24, 2.45) is 21.7 Å². The standard InChI is InChI=1S/C22H44Si/c1-19(2)11-17(12-20(3,4)15-19)23(9,10)18-13-21(5,6)16-22(7,8)14-18/h17-18H,11-16H2,1-10H3/i9D3,17D,18D. The van der Waals surface area contributed by atoms with Gasteiger partial charge in [-0.2, -0.15) is 0 Å². The molecule has 0 aliphatic heterocycles. The van der Waals surface area contributed by atoms with E-state index in [0.717, 1.165) is 12.8 Å². The van der Waals surface area contributed by atoms with Crippen molar-refractivity contribution in [3.63, 3.8) is 0 Å². The monoisotopic (exact) mass is 341 g/mol. The minimum absolute atomic E-state index is 0.0704. The third-order valence-electron chi connectivity index (χ3n) is 6.10. The van der Waals surface area contributed by atoms with Crippen molar-refractivity contribution in [3.8, 4) is 0 Å². The van der Waals surface area contributed by atoms with Crippen molar-refractivity contribution in [2.45, 2.75) is 118 Å². The molecule has 0 aromatic rings. The highest BCUT2D eigenvalue weighted by atomic mass is 28.3. The summed E-state index contributed by atoms with van der Waals surface area (Å²) in [6.45, 7) is 17.2. The van der Waals surface area contributed by atoms with Gasteiger partial charge in [0.2, 0.25) is 0 Å². The summed E-state index contributed by atoms with van der Waals surface area (Å²) in [4.78, 5) is 0. The Morgan fingerprint density at radius 2 is 0.957 bits per heavy atom. The molecular weight excluding hydrogens is 292 g/mol. The molecule has 0 bridgehead atoms. The molecule has 0 N–H and O–H groups in total. The van der Waals surface area contributed by atoms with E-state index < -0.39 is 25.6 Å². The van der Waals surface area contributed by atoms with E-state index in [0.29, 0.717) is 25.7 Å². The first-order valence-electron chi connectivity index (χ1n) is 12.0. The van der Waals surface area contributed by atoms with Crippen molar-refractivity contribution in [1.82, 2.24) is 0 Å². The second-order valence-corrected chi connectivity index (χ2v) is 15.7. The summed E-state index contributed by atoms with van der Waals surface area (Å²) in [6, 6.07) is 0. The van der Waals surface area contributed by atoms with Crippen LogP contribution in [0.3, 0.4) is 0 Å². The van der Waals surface area contributed by atoms with Crippen molar-refractivity contribution in [1.29, 1.82) is 0 Å². The maximum absolute atomic E-state index is 9.74. The Kier molecular flexibility index (Phi) is 3.28. The zero-order valence-electron chi connectivity index (χ0n) is 22.2. The summed E-state index contributed by atoms with van der Waals surface area (Å²) >= 11 is 0. The first-order chi connectivity index (χ1) is 12.0. The Morgan fingerprint density at radius 3 is 1.17 bits per heavy atom. The SMILES string of the molecule is [2H]C([2H])([2H])[Si](C)(C1([2H])CC(C)(C)CC(C)(C)C1)C1([2H])CC(C)(C)CC(C)(C)C1. The Bertz CT molecular complexity index is 539. The molecule has 0 aromatic heterocycles. The highest BCUT2D eigenvalue weighted by Gasteiger charge is 2.51. The van der Waals surface area contributed by atoms with Crippen LogP contribution >= 0.6 is 0 Å². The third-order valence-corrected chi connectivity index (χ3v) is 9.63. The molecule has 2 aliphatic rings. The molecule has 0 spiro atoms. The molecule has 0 heterocycles. The number of hydrogen-bond donors (Lipinski definition) is 0. The topological polar surface area (TPSA) is 0 Å². The predicted octanol–water partition coefficient (Wildman–Crippen LogP) is 7.91. The molecular formula is C22H44Si. The molecule has 2 aliphatic carbocycles. The van der Waals surface area contributed by atoms with Gasteiger partial charge in [0.15, 0.2) is 0 Å². The van der Waals surface area contributed by atoms with E-state index in [1.54, 1.807) is 0 Å². The zero-order chi connectivity index (χ0) is 22.2. The van der Waals surface area contributed by atoms with Gasteiger partial charge in [-0.05, 0) is 71.2 Å². The van der Waals surface area contributed by atoms with Crippen molar-refractivity contribution in [2.75, 3.05) is 0 Å². The van der Waals surface area contributed by atoms with E-state index in [-0.39, 0.29) is 21.7 Å². The highest BCUT2D eigenvalue weighted by molar-refractivity contribution is 6.80. The van der Waals surface area contributed by atoms with E-state index in [1.807, 2.05) is 6.55 Å². The summed E-state index contributed by atoms with van der Waals surface area (Å²) in [5, 5.41) is 0. The Balaban J connectivity index is 2.71. The lowest BCUT2D eigenvalue weighted by Crippen LogP contribution is -2.49. The number of rotatable bonds is 2. The molecule has 0 amide bonds. The normalized spacial score (nSPS) is 37.5. The van der Waals surface area contributed by atoms with Crippen molar-refractivity contribution < 1.29 is 6.85 Å². The van der Waals surface area contributed by atoms with Gasteiger partial charge in [0.05, 0.1) is 8.07 Å². The first kappa shape index (κ1) is 13.4. The van der Waals surface area contributed by atoms with E-state index in [9.17, 15) is 2.74 Å². The molecule has 0 nitrogen and oxygen atoms in total. The summed E-state index contributed by atoms with van der Waals surface area (Å²) in [5.41, 5.74) is -2.32. The van der Waals surface area contributed by atoms with Crippen LogP contribution in [0.5, 0.6) is 0 Å². The van der Waals surface area contributed by atoms with E-state index in [4.69, 9.17) is 4.11 Å². The van der Waals surface area contributed by atoms with Crippen molar-refractivity contribution >= 4 is 8.07 Å². The lowest BCUT2D eigenvalue weighted by atomic mass is 9.65. The fourth-order valence-corrected chi connectivity index (χ4v) is 10.1. The Labute approximate surface area is 155 Å². The van der Waals surface area contributed by atoms with Gasteiger partial charge in [-0.3, -0.25) is 0 Å². The number of hydrogen-bond acceptors (Lipinski definition) is 0. The third kappa shape index (κ3) is 4.64. The molecule has 0 saturated heterocycles. The van der Waals surface area contributed by atoms with Gasteiger partial charge in [0.25, 0.3) is 0 Å². The van der Waals surface area contributed by atoms with E-state index in [2.05, 4.69) is 55.4 Å². The second-order valence-electron chi connectivity index (χ2n) is 12.0. The summed E-state index contributed by atoms with van der Waals surface area (Å²) in [5.74, 6) is 0. The van der Waals surface area contributed by atoms with E-state index in [1.165, 1.54) is 0 Å². The molecule has 0 atom stereocenters. The van der Waals surface area contributed by atoms with Crippen LogP contribution in [0.25, 0.3) is 0 Å². The minimum Gasteiger partial charge on any atom is -0.0689 e. The second kappa shape index (κ2) is 5.61. The van der Waals surface area contributed by atoms with Gasteiger partial charge in [-0.15, -0.1) is 0 Å². The van der Waals surface area contributed by atoms with Gasteiger partial charge in [-0.1, -0.05) is 68.4 Å². The Hall–Kier alpha value is 0.217. The van der Waals surface area contributed by atoms with Gasteiger partial charge in [0, 0.05) is 6.85 Å². The summed E-state index contributed by atoms with van der Waals surface area (Å²) in [7, 11) is -3.42. The van der Waals surface area contributed by atoms with Gasteiger partial charge in [0.1, 0.15) is 0 Å². The lowest BCUT2D eigenvalue weighted by Gasteiger charge is -2.55. The lowest BCUT2D eigenvalue weighted by molar-refractivity contribution is 0.100. The van der Waals surface area contributed by atoms with E-state index >= 15 is 0 Å². The summed E-state index contributed by atoms with van der Waals surface area (Å²) < 4.78 is 45.5. The van der Waals surface area contributed by atoms with Gasteiger partial charge in [-0.25, -0.2) is 0 Å². The molecule has 0 radical (unpaired) electrons. The Morgan fingerprint density at radius 1 is 0.696 bits per heavy atom. The fourth-order valence-electron chi connectivity index (χ4n) is 6.23. The van der Waals surface area contributed by atoms with Crippen LogP contribution in [0.15, 0.2) is 0 Å². The van der Waals surface area contributed by atoms with Crippen LogP contribution in [0.1, 0.15) is 101 Å². The minimum atomic E-state index is -3.42. The van der Waals surface area contributed by atoms with Crippen LogP contribution in [0.2, 0.25) is 24.1 Å². The smallest absolute Gasteiger partial charge is 0.0536 e. The maximum Gasteiger partial charge on any atom is 0.0536 e. The van der Waals surface area contributed by atoms with Crippen LogP contribution in [-0.4, -0.2) is 8.07 Å². The first-order valence-corrected chi connectivity index (χ1v) is 12.0. The fraction of sp³-hybridized carbons (Fsp3) is 1.00. The van der Waals surface area contributed by atoms with Crippen LogP contribution in [0.4, 0.5) is 0 Å². The predicted molar refractivity (Wildman–Crippen MR) is 108 cm³/mol. The molecule has 2 saturated carbocycles. The average molecular weight is 342 g/mol. The summed E-state index contributed by atoms with van der Waals surface area (Å²) in [6.07, 6.45) is 4.43. The van der Waals surface area contributed by atoms with Crippen molar-refractivity contribution in [3.05, 3.63) is 0 Å². The highest BCUT2D eigenvalue weighted by Crippen LogP contribution is 2.60. The molecule has 0 unspecified atom stereocenters.